The third-order valence-corrected chi connectivity index (χ3v) is 3.30. The van der Waals surface area contributed by atoms with Crippen LogP contribution in [-0.4, -0.2) is 5.71 Å². The van der Waals surface area contributed by atoms with Gasteiger partial charge in [-0.05, 0) is 49.2 Å². The van der Waals surface area contributed by atoms with E-state index in [1.54, 1.807) is 30.3 Å². The largest absolute Gasteiger partial charge is 0.456 e. The highest BCUT2D eigenvalue weighted by Crippen LogP contribution is 2.33. The molecule has 0 saturated heterocycles. The van der Waals surface area contributed by atoms with Crippen molar-refractivity contribution >= 4 is 23.0 Å². The van der Waals surface area contributed by atoms with E-state index in [4.69, 9.17) is 26.9 Å². The zero-order chi connectivity index (χ0) is 16.8. The Kier molecular flexibility index (Phi) is 5.19. The molecule has 23 heavy (non-hydrogen) atoms. The van der Waals surface area contributed by atoms with Crippen molar-refractivity contribution in [3.63, 3.8) is 0 Å². The zero-order valence-corrected chi connectivity index (χ0v) is 13.3. The molecule has 0 heterocycles. The van der Waals surface area contributed by atoms with Gasteiger partial charge < -0.3 is 4.74 Å². The summed E-state index contributed by atoms with van der Waals surface area (Å²) in [5, 5.41) is 21.3. The molecule has 2 aromatic rings. The standard InChI is InChI=1S/C17H13ClN4O/c1-11-3-4-12(2)17(7-11)23-16-6-5-13(8-15(16)18)21-22-14(9-19)10-20/h3-8,21H,1-2H3. The Balaban J connectivity index is 2.20. The molecule has 5 nitrogen and oxygen atoms in total. The number of nitrogens with zero attached hydrogens (tertiary/aromatic N) is 3. The Morgan fingerprint density at radius 1 is 1.09 bits per heavy atom. The lowest BCUT2D eigenvalue weighted by atomic mass is 10.1. The van der Waals surface area contributed by atoms with Gasteiger partial charge in [0.05, 0.1) is 10.7 Å². The van der Waals surface area contributed by atoms with Crippen LogP contribution < -0.4 is 10.2 Å². The maximum Gasteiger partial charge on any atom is 0.237 e. The van der Waals surface area contributed by atoms with Gasteiger partial charge in [-0.25, -0.2) is 0 Å². The Morgan fingerprint density at radius 2 is 1.83 bits per heavy atom. The van der Waals surface area contributed by atoms with Crippen LogP contribution in [0.2, 0.25) is 5.02 Å². The number of nitrogens with one attached hydrogen (secondary N) is 1. The predicted molar refractivity (Wildman–Crippen MR) is 89.7 cm³/mol. The van der Waals surface area contributed by atoms with Crippen LogP contribution in [0, 0.1) is 36.5 Å². The Hall–Kier alpha value is -3.02. The van der Waals surface area contributed by atoms with Crippen molar-refractivity contribution in [2.45, 2.75) is 13.8 Å². The average molecular weight is 325 g/mol. The molecule has 0 aliphatic rings. The molecule has 0 unspecified atom stereocenters. The molecule has 6 heteroatoms. The molecule has 0 amide bonds. The number of hydrogen-bond donors (Lipinski definition) is 1. The Labute approximate surface area is 139 Å². The minimum Gasteiger partial charge on any atom is -0.456 e. The van der Waals surface area contributed by atoms with Crippen LogP contribution in [0.3, 0.4) is 0 Å². The number of halogens is 1. The van der Waals surface area contributed by atoms with Gasteiger partial charge in [-0.2, -0.15) is 15.6 Å². The molecule has 2 aromatic carbocycles. The quantitative estimate of drug-likeness (QED) is 0.660. The summed E-state index contributed by atoms with van der Waals surface area (Å²) in [4.78, 5) is 0. The van der Waals surface area contributed by atoms with E-state index in [0.29, 0.717) is 16.5 Å². The number of hydrogen-bond acceptors (Lipinski definition) is 5. The number of rotatable bonds is 4. The highest BCUT2D eigenvalue weighted by molar-refractivity contribution is 6.32. The summed E-state index contributed by atoms with van der Waals surface area (Å²) in [6.45, 7) is 3.94. The number of anilines is 1. The van der Waals surface area contributed by atoms with Crippen molar-refractivity contribution in [2.75, 3.05) is 5.43 Å². The van der Waals surface area contributed by atoms with E-state index in [-0.39, 0.29) is 5.71 Å². The van der Waals surface area contributed by atoms with E-state index in [9.17, 15) is 0 Å². The predicted octanol–water partition coefficient (Wildman–Crippen LogP) is 4.56. The summed E-state index contributed by atoms with van der Waals surface area (Å²) in [6.07, 6.45) is 0. The van der Waals surface area contributed by atoms with Gasteiger partial charge in [0.2, 0.25) is 5.71 Å². The number of nitriles is 2. The molecular formula is C17H13ClN4O. The van der Waals surface area contributed by atoms with Crippen molar-refractivity contribution in [1.29, 1.82) is 10.5 Å². The second kappa shape index (κ2) is 7.31. The molecule has 0 radical (unpaired) electrons. The van der Waals surface area contributed by atoms with E-state index in [1.165, 1.54) is 0 Å². The molecular weight excluding hydrogens is 312 g/mol. The van der Waals surface area contributed by atoms with Gasteiger partial charge >= 0.3 is 0 Å². The number of benzene rings is 2. The summed E-state index contributed by atoms with van der Waals surface area (Å²) in [5.74, 6) is 1.25. The Morgan fingerprint density at radius 3 is 2.48 bits per heavy atom. The van der Waals surface area contributed by atoms with Crippen molar-refractivity contribution in [3.05, 3.63) is 52.5 Å². The number of ether oxygens (including phenoxy) is 1. The topological polar surface area (TPSA) is 81.2 Å². The molecule has 0 atom stereocenters. The summed E-state index contributed by atoms with van der Waals surface area (Å²) < 4.78 is 5.84. The second-order valence-electron chi connectivity index (χ2n) is 4.81. The van der Waals surface area contributed by atoms with Crippen molar-refractivity contribution in [3.8, 4) is 23.6 Å². The van der Waals surface area contributed by atoms with Crippen LogP contribution in [-0.2, 0) is 0 Å². The Bertz CT molecular complexity index is 831. The van der Waals surface area contributed by atoms with Crippen molar-refractivity contribution < 1.29 is 4.74 Å². The molecule has 0 saturated carbocycles. The summed E-state index contributed by atoms with van der Waals surface area (Å²) in [6, 6.07) is 14.3. The van der Waals surface area contributed by atoms with Crippen molar-refractivity contribution in [1.82, 2.24) is 0 Å². The molecule has 0 aliphatic heterocycles. The first-order valence-electron chi connectivity index (χ1n) is 6.72. The first-order valence-corrected chi connectivity index (χ1v) is 7.10. The molecule has 1 N–H and O–H groups in total. The van der Waals surface area contributed by atoms with E-state index >= 15 is 0 Å². The lowest BCUT2D eigenvalue weighted by Gasteiger charge is -2.11. The van der Waals surface area contributed by atoms with E-state index in [1.807, 2.05) is 32.0 Å². The maximum absolute atomic E-state index is 8.63. The first-order chi connectivity index (χ1) is 11.0. The summed E-state index contributed by atoms with van der Waals surface area (Å²) in [5.41, 5.74) is 4.98. The fraction of sp³-hybridized carbons (Fsp3) is 0.118. The van der Waals surface area contributed by atoms with Crippen LogP contribution >= 0.6 is 11.6 Å². The normalized spacial score (nSPS) is 9.43. The van der Waals surface area contributed by atoms with Gasteiger partial charge in [0.1, 0.15) is 23.6 Å². The van der Waals surface area contributed by atoms with Crippen LogP contribution in [0.15, 0.2) is 41.5 Å². The van der Waals surface area contributed by atoms with Crippen LogP contribution in [0.4, 0.5) is 5.69 Å². The third kappa shape index (κ3) is 4.23. The maximum atomic E-state index is 8.63. The van der Waals surface area contributed by atoms with E-state index in [2.05, 4.69) is 10.5 Å². The van der Waals surface area contributed by atoms with Gasteiger partial charge in [0, 0.05) is 0 Å². The monoisotopic (exact) mass is 324 g/mol. The summed E-state index contributed by atoms with van der Waals surface area (Å²) >= 11 is 6.21. The summed E-state index contributed by atoms with van der Waals surface area (Å²) in [7, 11) is 0. The molecule has 0 bridgehead atoms. The van der Waals surface area contributed by atoms with Crippen LogP contribution in [0.1, 0.15) is 11.1 Å². The zero-order valence-electron chi connectivity index (χ0n) is 12.6. The lowest BCUT2D eigenvalue weighted by Crippen LogP contribution is -1.96. The fourth-order valence-electron chi connectivity index (χ4n) is 1.78. The highest BCUT2D eigenvalue weighted by Gasteiger charge is 2.07. The van der Waals surface area contributed by atoms with Gasteiger partial charge in [-0.3, -0.25) is 5.43 Å². The number of aryl methyl sites for hydroxylation is 2. The van der Waals surface area contributed by atoms with E-state index < -0.39 is 0 Å². The first kappa shape index (κ1) is 16.4. The second-order valence-corrected chi connectivity index (χ2v) is 5.22. The fourth-order valence-corrected chi connectivity index (χ4v) is 2.00. The molecule has 0 aliphatic carbocycles. The lowest BCUT2D eigenvalue weighted by molar-refractivity contribution is 0.479. The molecule has 2 rings (SSSR count). The van der Waals surface area contributed by atoms with E-state index in [0.717, 1.165) is 16.9 Å². The SMILES string of the molecule is Cc1ccc(C)c(Oc2ccc(NN=C(C#N)C#N)cc2Cl)c1. The minimum atomic E-state index is -0.267. The van der Waals surface area contributed by atoms with Crippen LogP contribution in [0.25, 0.3) is 0 Å². The van der Waals surface area contributed by atoms with Gasteiger partial charge in [0.15, 0.2) is 0 Å². The van der Waals surface area contributed by atoms with Crippen molar-refractivity contribution in [2.24, 2.45) is 5.10 Å². The smallest absolute Gasteiger partial charge is 0.237 e. The highest BCUT2D eigenvalue weighted by atomic mass is 35.5. The van der Waals surface area contributed by atoms with Crippen LogP contribution in [0.5, 0.6) is 11.5 Å². The minimum absolute atomic E-state index is 0.267. The van der Waals surface area contributed by atoms with Gasteiger partial charge in [0.25, 0.3) is 0 Å². The average Bonchev–Trinajstić information content (AvgIpc) is 2.54. The molecule has 0 aromatic heterocycles. The molecule has 0 spiro atoms. The molecule has 0 fully saturated rings. The molecule has 114 valence electrons. The third-order valence-electron chi connectivity index (χ3n) is 3.00. The number of hydrazone groups is 1. The van der Waals surface area contributed by atoms with Gasteiger partial charge in [-0.15, -0.1) is 0 Å². The van der Waals surface area contributed by atoms with Gasteiger partial charge in [-0.1, -0.05) is 23.7 Å².